The SMILES string of the molecule is CC1(C)COC(=O)N[C@@H]1c1cccc2c1OCO2. The lowest BCUT2D eigenvalue weighted by atomic mass is 9.80. The van der Waals surface area contributed by atoms with E-state index in [9.17, 15) is 4.79 Å². The maximum Gasteiger partial charge on any atom is 0.407 e. The third-order valence-corrected chi connectivity index (χ3v) is 3.36. The largest absolute Gasteiger partial charge is 0.454 e. The molecule has 1 aromatic rings. The van der Waals surface area contributed by atoms with Crippen molar-refractivity contribution in [2.45, 2.75) is 19.9 Å². The van der Waals surface area contributed by atoms with Crippen LogP contribution in [0.15, 0.2) is 18.2 Å². The Morgan fingerprint density at radius 3 is 2.94 bits per heavy atom. The second-order valence-electron chi connectivity index (χ2n) is 5.22. The molecule has 1 atom stereocenters. The number of fused-ring (bicyclic) bond motifs is 1. The van der Waals surface area contributed by atoms with E-state index in [0.29, 0.717) is 6.61 Å². The smallest absolute Gasteiger partial charge is 0.407 e. The van der Waals surface area contributed by atoms with Gasteiger partial charge in [0.05, 0.1) is 6.04 Å². The number of carbonyl (C=O) groups excluding carboxylic acids is 1. The van der Waals surface area contributed by atoms with Crippen molar-refractivity contribution in [2.24, 2.45) is 5.41 Å². The highest BCUT2D eigenvalue weighted by atomic mass is 16.7. The fraction of sp³-hybridized carbons (Fsp3) is 0.462. The predicted octanol–water partition coefficient (Wildman–Crippen LogP) is 2.22. The van der Waals surface area contributed by atoms with E-state index in [-0.39, 0.29) is 18.2 Å². The maximum absolute atomic E-state index is 11.4. The number of rotatable bonds is 1. The van der Waals surface area contributed by atoms with Crippen LogP contribution in [0.25, 0.3) is 0 Å². The molecule has 1 saturated heterocycles. The van der Waals surface area contributed by atoms with E-state index in [0.717, 1.165) is 17.1 Å². The second-order valence-corrected chi connectivity index (χ2v) is 5.22. The first-order valence-electron chi connectivity index (χ1n) is 5.90. The van der Waals surface area contributed by atoms with Crippen LogP contribution in [-0.4, -0.2) is 19.5 Å². The fourth-order valence-electron chi connectivity index (χ4n) is 2.37. The number of carbonyl (C=O) groups is 1. The normalized spacial score (nSPS) is 24.3. The number of hydrogen-bond donors (Lipinski definition) is 1. The van der Waals surface area contributed by atoms with Crippen molar-refractivity contribution in [3.05, 3.63) is 23.8 Å². The number of para-hydroxylation sites is 1. The quantitative estimate of drug-likeness (QED) is 0.829. The van der Waals surface area contributed by atoms with Gasteiger partial charge in [0, 0.05) is 11.0 Å². The van der Waals surface area contributed by atoms with Crippen LogP contribution in [0.3, 0.4) is 0 Å². The Kier molecular flexibility index (Phi) is 2.36. The summed E-state index contributed by atoms with van der Waals surface area (Å²) < 4.78 is 15.9. The third kappa shape index (κ3) is 1.66. The van der Waals surface area contributed by atoms with E-state index >= 15 is 0 Å². The zero-order valence-corrected chi connectivity index (χ0v) is 10.4. The van der Waals surface area contributed by atoms with E-state index in [1.54, 1.807) is 0 Å². The molecule has 1 aromatic carbocycles. The van der Waals surface area contributed by atoms with Gasteiger partial charge in [-0.1, -0.05) is 26.0 Å². The summed E-state index contributed by atoms with van der Waals surface area (Å²) in [4.78, 5) is 11.4. The van der Waals surface area contributed by atoms with Crippen LogP contribution in [0.4, 0.5) is 4.79 Å². The Morgan fingerprint density at radius 1 is 1.28 bits per heavy atom. The molecule has 0 spiro atoms. The van der Waals surface area contributed by atoms with Crippen LogP contribution in [0, 0.1) is 5.41 Å². The molecule has 2 aliphatic rings. The van der Waals surface area contributed by atoms with E-state index in [1.165, 1.54) is 0 Å². The van der Waals surface area contributed by atoms with Gasteiger partial charge in [0.1, 0.15) is 6.61 Å². The van der Waals surface area contributed by atoms with Crippen LogP contribution in [0.5, 0.6) is 11.5 Å². The minimum absolute atomic E-state index is 0.143. The summed E-state index contributed by atoms with van der Waals surface area (Å²) in [5.74, 6) is 1.45. The predicted molar refractivity (Wildman–Crippen MR) is 63.6 cm³/mol. The molecule has 1 N–H and O–H groups in total. The van der Waals surface area contributed by atoms with Gasteiger partial charge >= 0.3 is 6.09 Å². The highest BCUT2D eigenvalue weighted by Crippen LogP contribution is 2.45. The van der Waals surface area contributed by atoms with E-state index in [2.05, 4.69) is 5.32 Å². The van der Waals surface area contributed by atoms with Gasteiger partial charge in [-0.2, -0.15) is 0 Å². The van der Waals surface area contributed by atoms with Crippen LogP contribution < -0.4 is 14.8 Å². The standard InChI is InChI=1S/C13H15NO4/c1-13(2)6-16-12(15)14-11(13)8-4-3-5-9-10(8)18-7-17-9/h3-5,11H,6-7H2,1-2H3,(H,14,15)/t11-/m1/s1. The Balaban J connectivity index is 2.03. The Bertz CT molecular complexity index is 498. The number of hydrogen-bond acceptors (Lipinski definition) is 4. The minimum Gasteiger partial charge on any atom is -0.454 e. The van der Waals surface area contributed by atoms with Gasteiger partial charge < -0.3 is 19.5 Å². The van der Waals surface area contributed by atoms with Gasteiger partial charge in [0.2, 0.25) is 6.79 Å². The van der Waals surface area contributed by atoms with Gasteiger partial charge in [0.25, 0.3) is 0 Å². The molecule has 0 aliphatic carbocycles. The Labute approximate surface area is 105 Å². The van der Waals surface area contributed by atoms with Crippen LogP contribution in [-0.2, 0) is 4.74 Å². The van der Waals surface area contributed by atoms with Crippen molar-refractivity contribution >= 4 is 6.09 Å². The first-order chi connectivity index (χ1) is 8.58. The van der Waals surface area contributed by atoms with E-state index in [1.807, 2.05) is 32.0 Å². The van der Waals surface area contributed by atoms with Crippen molar-refractivity contribution in [1.82, 2.24) is 5.32 Å². The summed E-state index contributed by atoms with van der Waals surface area (Å²) in [6, 6.07) is 5.57. The second kappa shape index (κ2) is 3.80. The summed E-state index contributed by atoms with van der Waals surface area (Å²) in [6.45, 7) is 4.70. The van der Waals surface area contributed by atoms with Crippen molar-refractivity contribution in [1.29, 1.82) is 0 Å². The van der Waals surface area contributed by atoms with Gasteiger partial charge in [-0.15, -0.1) is 0 Å². The number of alkyl carbamates (subject to hydrolysis) is 1. The molecule has 0 radical (unpaired) electrons. The first kappa shape index (κ1) is 11.2. The van der Waals surface area contributed by atoms with Gasteiger partial charge in [-0.25, -0.2) is 4.79 Å². The highest BCUT2D eigenvalue weighted by molar-refractivity contribution is 5.69. The average molecular weight is 249 g/mol. The number of ether oxygens (including phenoxy) is 3. The monoisotopic (exact) mass is 249 g/mol. The number of amides is 1. The zero-order chi connectivity index (χ0) is 12.8. The number of cyclic esters (lactones) is 1. The maximum atomic E-state index is 11.4. The molecule has 1 fully saturated rings. The third-order valence-electron chi connectivity index (χ3n) is 3.36. The summed E-state index contributed by atoms with van der Waals surface area (Å²) in [5, 5.41) is 2.86. The molecule has 2 heterocycles. The van der Waals surface area contributed by atoms with Gasteiger partial charge in [-0.3, -0.25) is 0 Å². The van der Waals surface area contributed by atoms with Gasteiger partial charge in [0.15, 0.2) is 11.5 Å². The van der Waals surface area contributed by atoms with Crippen LogP contribution >= 0.6 is 0 Å². The lowest BCUT2D eigenvalue weighted by molar-refractivity contribution is 0.0379. The molecule has 0 bridgehead atoms. The molecule has 5 nitrogen and oxygen atoms in total. The molecule has 5 heteroatoms. The molecule has 96 valence electrons. The van der Waals surface area contributed by atoms with Crippen LogP contribution in [0.1, 0.15) is 25.5 Å². The lowest BCUT2D eigenvalue weighted by Crippen LogP contribution is -2.47. The number of nitrogens with one attached hydrogen (secondary N) is 1. The molecule has 1 amide bonds. The molecule has 18 heavy (non-hydrogen) atoms. The fourth-order valence-corrected chi connectivity index (χ4v) is 2.37. The van der Waals surface area contributed by atoms with E-state index in [4.69, 9.17) is 14.2 Å². The lowest BCUT2D eigenvalue weighted by Gasteiger charge is -2.38. The first-order valence-corrected chi connectivity index (χ1v) is 5.90. The molecule has 2 aliphatic heterocycles. The molecular weight excluding hydrogens is 234 g/mol. The highest BCUT2D eigenvalue weighted by Gasteiger charge is 2.40. The average Bonchev–Trinajstić information content (AvgIpc) is 2.80. The van der Waals surface area contributed by atoms with Crippen molar-refractivity contribution in [3.8, 4) is 11.5 Å². The molecule has 0 unspecified atom stereocenters. The zero-order valence-electron chi connectivity index (χ0n) is 10.4. The van der Waals surface area contributed by atoms with Crippen LogP contribution in [0.2, 0.25) is 0 Å². The minimum atomic E-state index is -0.393. The molecular formula is C13H15NO4. The van der Waals surface area contributed by atoms with E-state index < -0.39 is 6.09 Å². The Morgan fingerprint density at radius 2 is 2.11 bits per heavy atom. The van der Waals surface area contributed by atoms with Crippen molar-refractivity contribution in [3.63, 3.8) is 0 Å². The number of benzene rings is 1. The Hall–Kier alpha value is -1.91. The molecule has 0 aromatic heterocycles. The summed E-state index contributed by atoms with van der Waals surface area (Å²) >= 11 is 0. The van der Waals surface area contributed by atoms with Gasteiger partial charge in [-0.05, 0) is 6.07 Å². The van der Waals surface area contributed by atoms with Crippen molar-refractivity contribution < 1.29 is 19.0 Å². The molecule has 0 saturated carbocycles. The summed E-state index contributed by atoms with van der Waals surface area (Å²) in [5.41, 5.74) is 0.737. The summed E-state index contributed by atoms with van der Waals surface area (Å²) in [6.07, 6.45) is -0.393. The topological polar surface area (TPSA) is 56.8 Å². The van der Waals surface area contributed by atoms with Crippen molar-refractivity contribution in [2.75, 3.05) is 13.4 Å². The molecule has 3 rings (SSSR count). The summed E-state index contributed by atoms with van der Waals surface area (Å²) in [7, 11) is 0.